The van der Waals surface area contributed by atoms with Crippen LogP contribution in [0, 0.1) is 17.8 Å². The smallest absolute Gasteiger partial charge is 0.308 e. The normalized spacial score (nSPS) is 39.4. The molecule has 0 aromatic rings. The van der Waals surface area contributed by atoms with Crippen LogP contribution >= 0.6 is 0 Å². The average Bonchev–Trinajstić information content (AvgIpc) is 2.71. The highest BCUT2D eigenvalue weighted by molar-refractivity contribution is 5.71. The molecule has 1 N–H and O–H groups in total. The van der Waals surface area contributed by atoms with Gasteiger partial charge in [-0.15, -0.1) is 0 Å². The van der Waals surface area contributed by atoms with E-state index in [0.29, 0.717) is 12.0 Å². The second-order valence-electron chi connectivity index (χ2n) is 5.97. The van der Waals surface area contributed by atoms with Gasteiger partial charge in [0.15, 0.2) is 0 Å². The molecule has 0 aromatic carbocycles. The molecule has 1 aliphatic heterocycles. The molecule has 0 spiro atoms. The lowest BCUT2D eigenvalue weighted by Gasteiger charge is -2.35. The molecule has 0 aromatic heterocycles. The van der Waals surface area contributed by atoms with Gasteiger partial charge in [0.1, 0.15) is 0 Å². The Hall–Kier alpha value is -0.570. The fourth-order valence-electron chi connectivity index (χ4n) is 3.59. The van der Waals surface area contributed by atoms with E-state index >= 15 is 0 Å². The number of hydrogen-bond donors (Lipinski definition) is 1. The lowest BCUT2D eigenvalue weighted by atomic mass is 9.83. The van der Waals surface area contributed by atoms with E-state index in [1.165, 1.54) is 32.1 Å². The number of hydrogen-bond acceptors (Lipinski definition) is 2. The van der Waals surface area contributed by atoms with Gasteiger partial charge >= 0.3 is 5.97 Å². The third-order valence-corrected chi connectivity index (χ3v) is 4.81. The summed E-state index contributed by atoms with van der Waals surface area (Å²) < 4.78 is 0. The number of likely N-dealkylation sites (tertiary alicyclic amines) is 1. The van der Waals surface area contributed by atoms with Crippen molar-refractivity contribution in [1.82, 2.24) is 4.90 Å². The number of carboxylic acid groups (broad SMARTS) is 1. The summed E-state index contributed by atoms with van der Waals surface area (Å²) in [5.74, 6) is 0.433. The van der Waals surface area contributed by atoms with Crippen molar-refractivity contribution < 1.29 is 9.90 Å². The van der Waals surface area contributed by atoms with E-state index in [1.54, 1.807) is 0 Å². The summed E-state index contributed by atoms with van der Waals surface area (Å²) in [6, 6.07) is 0.653. The number of aliphatic carboxylic acids is 1. The second-order valence-corrected chi connectivity index (χ2v) is 5.97. The Morgan fingerprint density at radius 2 is 2.12 bits per heavy atom. The minimum absolute atomic E-state index is 0.142. The predicted molar refractivity (Wildman–Crippen MR) is 67.9 cm³/mol. The van der Waals surface area contributed by atoms with Crippen LogP contribution < -0.4 is 0 Å². The number of rotatable bonds is 3. The molecule has 1 saturated carbocycles. The van der Waals surface area contributed by atoms with E-state index in [4.69, 9.17) is 0 Å². The topological polar surface area (TPSA) is 40.5 Å². The molecule has 17 heavy (non-hydrogen) atoms. The third kappa shape index (κ3) is 2.82. The second kappa shape index (κ2) is 5.38. The van der Waals surface area contributed by atoms with Gasteiger partial charge in [0.2, 0.25) is 0 Å². The molecule has 2 aliphatic rings. The van der Waals surface area contributed by atoms with E-state index in [1.807, 2.05) is 0 Å². The van der Waals surface area contributed by atoms with Gasteiger partial charge in [-0.1, -0.05) is 33.1 Å². The Morgan fingerprint density at radius 1 is 1.35 bits per heavy atom. The molecule has 2 rings (SSSR count). The fraction of sp³-hybridized carbons (Fsp3) is 0.929. The molecular formula is C14H25NO2. The summed E-state index contributed by atoms with van der Waals surface area (Å²) in [6.45, 7) is 6.12. The van der Waals surface area contributed by atoms with Gasteiger partial charge in [-0.2, -0.15) is 0 Å². The largest absolute Gasteiger partial charge is 0.481 e. The molecule has 98 valence electrons. The number of nitrogens with zero attached hydrogens (tertiary/aromatic N) is 1. The van der Waals surface area contributed by atoms with Crippen molar-refractivity contribution in [3.63, 3.8) is 0 Å². The summed E-state index contributed by atoms with van der Waals surface area (Å²) in [6.07, 6.45) is 6.54. The van der Waals surface area contributed by atoms with Crippen molar-refractivity contribution in [2.45, 2.75) is 52.0 Å². The number of carbonyl (C=O) groups is 1. The van der Waals surface area contributed by atoms with Crippen molar-refractivity contribution in [3.05, 3.63) is 0 Å². The minimum atomic E-state index is -0.608. The quantitative estimate of drug-likeness (QED) is 0.823. The van der Waals surface area contributed by atoms with Gasteiger partial charge < -0.3 is 5.11 Å². The Bertz CT molecular complexity index is 279. The first-order chi connectivity index (χ1) is 8.11. The number of carboxylic acids is 1. The van der Waals surface area contributed by atoms with E-state index in [-0.39, 0.29) is 5.92 Å². The van der Waals surface area contributed by atoms with E-state index < -0.39 is 5.97 Å². The average molecular weight is 239 g/mol. The van der Waals surface area contributed by atoms with Crippen molar-refractivity contribution in [1.29, 1.82) is 0 Å². The highest BCUT2D eigenvalue weighted by Crippen LogP contribution is 2.34. The van der Waals surface area contributed by atoms with Gasteiger partial charge in [0, 0.05) is 19.1 Å². The summed E-state index contributed by atoms with van der Waals surface area (Å²) in [5.41, 5.74) is 0. The monoisotopic (exact) mass is 239 g/mol. The molecule has 4 atom stereocenters. The Morgan fingerprint density at radius 3 is 2.71 bits per heavy atom. The van der Waals surface area contributed by atoms with Crippen molar-refractivity contribution in [2.24, 2.45) is 17.8 Å². The van der Waals surface area contributed by atoms with E-state index in [2.05, 4.69) is 18.7 Å². The first-order valence-electron chi connectivity index (χ1n) is 7.08. The first kappa shape index (κ1) is 12.9. The molecule has 1 heterocycles. The predicted octanol–water partition coefficient (Wildman–Crippen LogP) is 2.61. The van der Waals surface area contributed by atoms with Crippen molar-refractivity contribution in [2.75, 3.05) is 13.1 Å². The first-order valence-corrected chi connectivity index (χ1v) is 7.08. The van der Waals surface area contributed by atoms with Crippen molar-refractivity contribution in [3.8, 4) is 0 Å². The van der Waals surface area contributed by atoms with E-state index in [9.17, 15) is 9.90 Å². The van der Waals surface area contributed by atoms with Crippen molar-refractivity contribution >= 4 is 5.97 Å². The maximum atomic E-state index is 11.1. The SMILES string of the molecule is CCC1CCCC(N2CC(C)C(C(=O)O)C2)C1. The van der Waals surface area contributed by atoms with Gasteiger partial charge in [-0.3, -0.25) is 9.69 Å². The molecule has 3 heteroatoms. The molecule has 0 bridgehead atoms. The summed E-state index contributed by atoms with van der Waals surface area (Å²) in [5, 5.41) is 9.17. The molecule has 0 radical (unpaired) electrons. The Labute approximate surface area is 104 Å². The lowest BCUT2D eigenvalue weighted by molar-refractivity contribution is -0.142. The zero-order chi connectivity index (χ0) is 12.4. The van der Waals surface area contributed by atoms with Crippen LogP contribution in [0.1, 0.15) is 46.0 Å². The standard InChI is InChI=1S/C14H25NO2/c1-3-11-5-4-6-12(7-11)15-8-10(2)13(9-15)14(16)17/h10-13H,3-9H2,1-2H3,(H,16,17). The van der Waals surface area contributed by atoms with Crippen LogP contribution in [0.25, 0.3) is 0 Å². The molecule has 1 aliphatic carbocycles. The summed E-state index contributed by atoms with van der Waals surface area (Å²) in [7, 11) is 0. The van der Waals surface area contributed by atoms with Crippen LogP contribution in [0.5, 0.6) is 0 Å². The third-order valence-electron chi connectivity index (χ3n) is 4.81. The van der Waals surface area contributed by atoms with E-state index in [0.717, 1.165) is 19.0 Å². The molecule has 4 unspecified atom stereocenters. The zero-order valence-electron chi connectivity index (χ0n) is 11.1. The summed E-state index contributed by atoms with van der Waals surface area (Å²) in [4.78, 5) is 13.6. The maximum absolute atomic E-state index is 11.1. The summed E-state index contributed by atoms with van der Waals surface area (Å²) >= 11 is 0. The van der Waals surface area contributed by atoms with Gasteiger partial charge in [-0.05, 0) is 24.7 Å². The molecular weight excluding hydrogens is 214 g/mol. The highest BCUT2D eigenvalue weighted by Gasteiger charge is 2.38. The van der Waals surface area contributed by atoms with Crippen LogP contribution in [0.15, 0.2) is 0 Å². The Balaban J connectivity index is 1.93. The fourth-order valence-corrected chi connectivity index (χ4v) is 3.59. The van der Waals surface area contributed by atoms with Crippen LogP contribution in [-0.2, 0) is 4.79 Å². The van der Waals surface area contributed by atoms with Crippen LogP contribution in [0.2, 0.25) is 0 Å². The van der Waals surface area contributed by atoms with Crippen LogP contribution in [0.4, 0.5) is 0 Å². The van der Waals surface area contributed by atoms with Gasteiger partial charge in [-0.25, -0.2) is 0 Å². The maximum Gasteiger partial charge on any atom is 0.308 e. The highest BCUT2D eigenvalue weighted by atomic mass is 16.4. The molecule has 1 saturated heterocycles. The van der Waals surface area contributed by atoms with Crippen LogP contribution in [-0.4, -0.2) is 35.1 Å². The van der Waals surface area contributed by atoms with Gasteiger partial charge in [0.25, 0.3) is 0 Å². The zero-order valence-corrected chi connectivity index (χ0v) is 11.1. The molecule has 2 fully saturated rings. The minimum Gasteiger partial charge on any atom is -0.481 e. The molecule has 3 nitrogen and oxygen atoms in total. The molecule has 0 amide bonds. The van der Waals surface area contributed by atoms with Gasteiger partial charge in [0.05, 0.1) is 5.92 Å². The Kier molecular flexibility index (Phi) is 4.08. The van der Waals surface area contributed by atoms with Crippen LogP contribution in [0.3, 0.4) is 0 Å². The lowest BCUT2D eigenvalue weighted by Crippen LogP contribution is -2.37.